The van der Waals surface area contributed by atoms with Crippen LogP contribution in [0.4, 0.5) is 4.79 Å². The van der Waals surface area contributed by atoms with Crippen molar-refractivity contribution in [3.63, 3.8) is 0 Å². The zero-order chi connectivity index (χ0) is 9.40. The van der Waals surface area contributed by atoms with Crippen LogP contribution in [0.1, 0.15) is 33.6 Å². The average molecular weight is 172 g/mol. The Labute approximate surface area is 75.1 Å². The van der Waals surface area contributed by atoms with Gasteiger partial charge in [-0.05, 0) is 19.8 Å². The number of nitrogens with zero attached hydrogens (tertiary/aromatic N) is 1. The van der Waals surface area contributed by atoms with Crippen molar-refractivity contribution in [1.82, 2.24) is 10.2 Å². The minimum absolute atomic E-state index is 0.0706. The highest BCUT2D eigenvalue weighted by Crippen LogP contribution is 1.94. The molecule has 0 heterocycles. The molecule has 0 aromatic carbocycles. The molecule has 3 heteroatoms. The number of carbonyl (C=O) groups excluding carboxylic acids is 1. The van der Waals surface area contributed by atoms with E-state index in [1.165, 1.54) is 0 Å². The predicted molar refractivity (Wildman–Crippen MR) is 51.2 cm³/mol. The van der Waals surface area contributed by atoms with E-state index in [0.717, 1.165) is 25.9 Å². The van der Waals surface area contributed by atoms with Crippen LogP contribution in [0.25, 0.3) is 0 Å². The molecule has 0 aliphatic carbocycles. The fourth-order valence-electron chi connectivity index (χ4n) is 1.12. The Balaban J connectivity index is 3.81. The van der Waals surface area contributed by atoms with E-state index >= 15 is 0 Å². The largest absolute Gasteiger partial charge is 0.338 e. The van der Waals surface area contributed by atoms with Gasteiger partial charge in [-0.2, -0.15) is 0 Å². The molecular weight excluding hydrogens is 152 g/mol. The van der Waals surface area contributed by atoms with E-state index in [0.29, 0.717) is 6.54 Å². The van der Waals surface area contributed by atoms with Crippen molar-refractivity contribution in [2.75, 3.05) is 19.6 Å². The molecule has 0 aliphatic rings. The molecule has 12 heavy (non-hydrogen) atoms. The maximum Gasteiger partial charge on any atom is 0.317 e. The summed E-state index contributed by atoms with van der Waals surface area (Å²) in [4.78, 5) is 13.2. The Morgan fingerprint density at radius 1 is 1.17 bits per heavy atom. The second-order valence-electron chi connectivity index (χ2n) is 2.82. The van der Waals surface area contributed by atoms with Crippen LogP contribution in [0.5, 0.6) is 0 Å². The molecule has 1 N–H and O–H groups in total. The van der Waals surface area contributed by atoms with Crippen LogP contribution in [0.3, 0.4) is 0 Å². The Hall–Kier alpha value is -0.730. The van der Waals surface area contributed by atoms with E-state index in [9.17, 15) is 4.79 Å². The van der Waals surface area contributed by atoms with Gasteiger partial charge in [-0.15, -0.1) is 0 Å². The summed E-state index contributed by atoms with van der Waals surface area (Å²) in [7, 11) is 0. The molecular formula is C9H20N2O. The molecule has 0 aromatic rings. The molecule has 0 unspecified atom stereocenters. The Morgan fingerprint density at radius 2 is 1.67 bits per heavy atom. The van der Waals surface area contributed by atoms with Crippen molar-refractivity contribution < 1.29 is 4.79 Å². The normalized spacial score (nSPS) is 9.58. The van der Waals surface area contributed by atoms with Crippen LogP contribution < -0.4 is 5.32 Å². The summed E-state index contributed by atoms with van der Waals surface area (Å²) in [6.45, 7) is 8.54. The van der Waals surface area contributed by atoms with Gasteiger partial charge in [0.1, 0.15) is 0 Å². The molecule has 0 rings (SSSR count). The SMILES string of the molecule is CCCN(CCC)C(=O)NCC. The number of hydrogen-bond donors (Lipinski definition) is 1. The molecule has 0 saturated carbocycles. The quantitative estimate of drug-likeness (QED) is 0.674. The van der Waals surface area contributed by atoms with Gasteiger partial charge < -0.3 is 10.2 Å². The van der Waals surface area contributed by atoms with Crippen LogP contribution in [0.2, 0.25) is 0 Å². The fraction of sp³-hybridized carbons (Fsp3) is 0.889. The Morgan fingerprint density at radius 3 is 2.00 bits per heavy atom. The predicted octanol–water partition coefficient (Wildman–Crippen LogP) is 1.84. The summed E-state index contributed by atoms with van der Waals surface area (Å²) < 4.78 is 0. The lowest BCUT2D eigenvalue weighted by Gasteiger charge is -2.21. The third kappa shape index (κ3) is 4.21. The third-order valence-corrected chi connectivity index (χ3v) is 1.60. The van der Waals surface area contributed by atoms with E-state index < -0.39 is 0 Å². The number of amides is 2. The topological polar surface area (TPSA) is 32.3 Å². The zero-order valence-electron chi connectivity index (χ0n) is 8.39. The summed E-state index contributed by atoms with van der Waals surface area (Å²) in [5.74, 6) is 0. The second-order valence-corrected chi connectivity index (χ2v) is 2.82. The summed E-state index contributed by atoms with van der Waals surface area (Å²) in [6.07, 6.45) is 2.05. The third-order valence-electron chi connectivity index (χ3n) is 1.60. The standard InChI is InChI=1S/C9H20N2O/c1-4-7-11(8-5-2)9(12)10-6-3/h4-8H2,1-3H3,(H,10,12). The van der Waals surface area contributed by atoms with Crippen LogP contribution in [-0.2, 0) is 0 Å². The molecule has 0 saturated heterocycles. The van der Waals surface area contributed by atoms with Gasteiger partial charge >= 0.3 is 6.03 Å². The van der Waals surface area contributed by atoms with Gasteiger partial charge in [-0.1, -0.05) is 13.8 Å². The molecule has 0 aliphatic heterocycles. The van der Waals surface area contributed by atoms with Crippen molar-refractivity contribution in [3.8, 4) is 0 Å². The molecule has 0 radical (unpaired) electrons. The van der Waals surface area contributed by atoms with E-state index in [2.05, 4.69) is 19.2 Å². The monoisotopic (exact) mass is 172 g/mol. The van der Waals surface area contributed by atoms with Gasteiger partial charge in [0.2, 0.25) is 0 Å². The highest BCUT2D eigenvalue weighted by atomic mass is 16.2. The fourth-order valence-corrected chi connectivity index (χ4v) is 1.12. The van der Waals surface area contributed by atoms with E-state index in [1.54, 1.807) is 0 Å². The van der Waals surface area contributed by atoms with E-state index in [4.69, 9.17) is 0 Å². The maximum absolute atomic E-state index is 11.3. The molecule has 0 bridgehead atoms. The molecule has 2 amide bonds. The summed E-state index contributed by atoms with van der Waals surface area (Å²) >= 11 is 0. The highest BCUT2D eigenvalue weighted by molar-refractivity contribution is 5.73. The van der Waals surface area contributed by atoms with Crippen LogP contribution >= 0.6 is 0 Å². The van der Waals surface area contributed by atoms with Crippen molar-refractivity contribution in [3.05, 3.63) is 0 Å². The first-order valence-electron chi connectivity index (χ1n) is 4.79. The summed E-state index contributed by atoms with van der Waals surface area (Å²) in [5.41, 5.74) is 0. The van der Waals surface area contributed by atoms with Crippen LogP contribution in [-0.4, -0.2) is 30.6 Å². The minimum atomic E-state index is 0.0706. The number of rotatable bonds is 5. The Bertz CT molecular complexity index is 120. The highest BCUT2D eigenvalue weighted by Gasteiger charge is 2.08. The first kappa shape index (κ1) is 11.3. The number of urea groups is 1. The van der Waals surface area contributed by atoms with Crippen molar-refractivity contribution in [2.45, 2.75) is 33.6 Å². The first-order valence-corrected chi connectivity index (χ1v) is 4.79. The lowest BCUT2D eigenvalue weighted by atomic mass is 10.4. The van der Waals surface area contributed by atoms with E-state index in [-0.39, 0.29) is 6.03 Å². The minimum Gasteiger partial charge on any atom is -0.338 e. The molecule has 72 valence electrons. The summed E-state index contributed by atoms with van der Waals surface area (Å²) in [6, 6.07) is 0.0706. The Kier molecular flexibility index (Phi) is 6.53. The molecule has 0 fully saturated rings. The van der Waals surface area contributed by atoms with Crippen LogP contribution in [0.15, 0.2) is 0 Å². The maximum atomic E-state index is 11.3. The number of hydrogen-bond acceptors (Lipinski definition) is 1. The second kappa shape index (κ2) is 6.95. The molecule has 0 spiro atoms. The molecule has 0 atom stereocenters. The smallest absolute Gasteiger partial charge is 0.317 e. The number of carbonyl (C=O) groups is 1. The lowest BCUT2D eigenvalue weighted by molar-refractivity contribution is 0.198. The van der Waals surface area contributed by atoms with Gasteiger partial charge in [0.15, 0.2) is 0 Å². The molecule has 3 nitrogen and oxygen atoms in total. The van der Waals surface area contributed by atoms with Gasteiger partial charge in [0, 0.05) is 19.6 Å². The van der Waals surface area contributed by atoms with Gasteiger partial charge in [0.05, 0.1) is 0 Å². The summed E-state index contributed by atoms with van der Waals surface area (Å²) in [5, 5.41) is 2.80. The van der Waals surface area contributed by atoms with Crippen molar-refractivity contribution in [1.29, 1.82) is 0 Å². The number of nitrogens with one attached hydrogen (secondary N) is 1. The van der Waals surface area contributed by atoms with Crippen molar-refractivity contribution >= 4 is 6.03 Å². The average Bonchev–Trinajstić information content (AvgIpc) is 2.04. The van der Waals surface area contributed by atoms with Gasteiger partial charge in [-0.25, -0.2) is 4.79 Å². The molecule has 0 aromatic heterocycles. The zero-order valence-corrected chi connectivity index (χ0v) is 8.39. The van der Waals surface area contributed by atoms with Crippen LogP contribution in [0, 0.1) is 0 Å². The van der Waals surface area contributed by atoms with Crippen molar-refractivity contribution in [2.24, 2.45) is 0 Å². The van der Waals surface area contributed by atoms with Gasteiger partial charge in [0.25, 0.3) is 0 Å². The van der Waals surface area contributed by atoms with E-state index in [1.807, 2.05) is 11.8 Å². The first-order chi connectivity index (χ1) is 5.76. The lowest BCUT2D eigenvalue weighted by Crippen LogP contribution is -2.40. The van der Waals surface area contributed by atoms with Gasteiger partial charge in [-0.3, -0.25) is 0 Å².